The van der Waals surface area contributed by atoms with Crippen molar-refractivity contribution >= 4 is 27.5 Å². The van der Waals surface area contributed by atoms with Gasteiger partial charge in [-0.3, -0.25) is 4.79 Å². The number of alkyl halides is 1. The highest BCUT2D eigenvalue weighted by Crippen LogP contribution is 2.29. The van der Waals surface area contributed by atoms with Crippen LogP contribution in [0.3, 0.4) is 0 Å². The molecule has 1 unspecified atom stereocenters. The summed E-state index contributed by atoms with van der Waals surface area (Å²) in [6, 6.07) is 6.07. The molecule has 0 fully saturated rings. The number of carbonyl (C=O) groups is 1. The van der Waals surface area contributed by atoms with Crippen molar-refractivity contribution in [2.45, 2.75) is 18.2 Å². The first-order valence-electron chi connectivity index (χ1n) is 4.23. The Morgan fingerprint density at radius 3 is 3.00 bits per heavy atom. The van der Waals surface area contributed by atoms with Gasteiger partial charge in [-0.1, -0.05) is 28.1 Å². The highest BCUT2D eigenvalue weighted by molar-refractivity contribution is 9.09. The molecule has 68 valence electrons. The fourth-order valence-corrected chi connectivity index (χ4v) is 1.78. The predicted molar refractivity (Wildman–Crippen MR) is 56.1 cm³/mol. The van der Waals surface area contributed by atoms with Crippen LogP contribution in [0.5, 0.6) is 0 Å². The molecular formula is C10H10BrNO. The van der Waals surface area contributed by atoms with Gasteiger partial charge < -0.3 is 5.32 Å². The van der Waals surface area contributed by atoms with E-state index in [4.69, 9.17) is 0 Å². The molecule has 1 aliphatic heterocycles. The first-order chi connectivity index (χ1) is 6.16. The van der Waals surface area contributed by atoms with E-state index in [2.05, 4.69) is 34.2 Å². The number of hydrogen-bond acceptors (Lipinski definition) is 1. The SMILES string of the molecule is CC(Br)c1ccc2c(c1)CC(=O)N2. The third-order valence-corrected chi connectivity index (χ3v) is 2.74. The second-order valence-electron chi connectivity index (χ2n) is 3.26. The third kappa shape index (κ3) is 1.61. The number of anilines is 1. The molecule has 2 rings (SSSR count). The fourth-order valence-electron chi connectivity index (χ4n) is 1.50. The van der Waals surface area contributed by atoms with Crippen molar-refractivity contribution in [3.05, 3.63) is 29.3 Å². The van der Waals surface area contributed by atoms with Crippen molar-refractivity contribution in [3.8, 4) is 0 Å². The summed E-state index contributed by atoms with van der Waals surface area (Å²) in [7, 11) is 0. The standard InChI is InChI=1S/C10H10BrNO/c1-6(11)7-2-3-9-8(4-7)5-10(13)12-9/h2-4,6H,5H2,1H3,(H,12,13). The normalized spacial score (nSPS) is 16.6. The highest BCUT2D eigenvalue weighted by atomic mass is 79.9. The van der Waals surface area contributed by atoms with Crippen molar-refractivity contribution in [1.82, 2.24) is 0 Å². The highest BCUT2D eigenvalue weighted by Gasteiger charge is 2.17. The Bertz CT molecular complexity index is 360. The molecule has 1 N–H and O–H groups in total. The van der Waals surface area contributed by atoms with E-state index in [1.54, 1.807) is 0 Å². The van der Waals surface area contributed by atoms with Crippen LogP contribution in [-0.4, -0.2) is 5.91 Å². The average molecular weight is 240 g/mol. The maximum atomic E-state index is 11.1. The first-order valence-corrected chi connectivity index (χ1v) is 5.15. The zero-order chi connectivity index (χ0) is 9.42. The van der Waals surface area contributed by atoms with Crippen LogP contribution in [0.1, 0.15) is 22.9 Å². The van der Waals surface area contributed by atoms with Gasteiger partial charge in [0.15, 0.2) is 0 Å². The van der Waals surface area contributed by atoms with Crippen LogP contribution in [0, 0.1) is 0 Å². The summed E-state index contributed by atoms with van der Waals surface area (Å²) < 4.78 is 0. The molecule has 1 aliphatic rings. The van der Waals surface area contributed by atoms with E-state index in [0.29, 0.717) is 11.2 Å². The predicted octanol–water partition coefficient (Wildman–Crippen LogP) is 2.64. The van der Waals surface area contributed by atoms with Gasteiger partial charge in [0, 0.05) is 10.5 Å². The van der Waals surface area contributed by atoms with Gasteiger partial charge in [-0.2, -0.15) is 0 Å². The zero-order valence-electron chi connectivity index (χ0n) is 7.30. The van der Waals surface area contributed by atoms with Gasteiger partial charge in [0.05, 0.1) is 6.42 Å². The van der Waals surface area contributed by atoms with Crippen molar-refractivity contribution in [2.24, 2.45) is 0 Å². The molecule has 1 atom stereocenters. The van der Waals surface area contributed by atoms with E-state index in [1.165, 1.54) is 5.56 Å². The Morgan fingerprint density at radius 2 is 2.31 bits per heavy atom. The first kappa shape index (κ1) is 8.75. The number of carbonyl (C=O) groups excluding carboxylic acids is 1. The summed E-state index contributed by atoms with van der Waals surface area (Å²) in [6.07, 6.45) is 0.517. The molecule has 13 heavy (non-hydrogen) atoms. The summed E-state index contributed by atoms with van der Waals surface area (Å²) in [4.78, 5) is 11.4. The van der Waals surface area contributed by atoms with E-state index in [-0.39, 0.29) is 5.91 Å². The smallest absolute Gasteiger partial charge is 0.228 e. The molecule has 0 saturated heterocycles. The molecule has 1 aromatic rings. The van der Waals surface area contributed by atoms with E-state index >= 15 is 0 Å². The molecule has 0 spiro atoms. The number of rotatable bonds is 1. The molecule has 1 heterocycles. The summed E-state index contributed by atoms with van der Waals surface area (Å²) >= 11 is 3.50. The Labute approximate surface area is 85.5 Å². The lowest BCUT2D eigenvalue weighted by Crippen LogP contribution is -2.03. The minimum Gasteiger partial charge on any atom is -0.326 e. The van der Waals surface area contributed by atoms with E-state index in [1.807, 2.05) is 12.1 Å². The summed E-state index contributed by atoms with van der Waals surface area (Å²) in [5.41, 5.74) is 3.28. The minimum absolute atomic E-state index is 0.0920. The Kier molecular flexibility index (Phi) is 2.12. The molecule has 3 heteroatoms. The lowest BCUT2D eigenvalue weighted by molar-refractivity contribution is -0.115. The van der Waals surface area contributed by atoms with Crippen molar-refractivity contribution in [3.63, 3.8) is 0 Å². The Balaban J connectivity index is 2.40. The molecule has 2 nitrogen and oxygen atoms in total. The van der Waals surface area contributed by atoms with Crippen LogP contribution >= 0.6 is 15.9 Å². The van der Waals surface area contributed by atoms with Gasteiger partial charge in [0.2, 0.25) is 5.91 Å². The molecule has 0 aliphatic carbocycles. The van der Waals surface area contributed by atoms with Gasteiger partial charge in [0.25, 0.3) is 0 Å². The number of benzene rings is 1. The molecule has 1 aromatic carbocycles. The molecule has 0 saturated carbocycles. The van der Waals surface area contributed by atoms with Crippen LogP contribution in [-0.2, 0) is 11.2 Å². The van der Waals surface area contributed by atoms with Crippen molar-refractivity contribution in [2.75, 3.05) is 5.32 Å². The van der Waals surface area contributed by atoms with Crippen LogP contribution in [0.2, 0.25) is 0 Å². The van der Waals surface area contributed by atoms with Gasteiger partial charge in [-0.25, -0.2) is 0 Å². The Hall–Kier alpha value is -0.830. The van der Waals surface area contributed by atoms with Crippen LogP contribution < -0.4 is 5.32 Å². The summed E-state index contributed by atoms with van der Waals surface area (Å²) in [5, 5.41) is 2.81. The summed E-state index contributed by atoms with van der Waals surface area (Å²) in [5.74, 6) is 0.0920. The quantitative estimate of drug-likeness (QED) is 0.751. The number of nitrogens with one attached hydrogen (secondary N) is 1. The maximum Gasteiger partial charge on any atom is 0.228 e. The number of fused-ring (bicyclic) bond motifs is 1. The van der Waals surface area contributed by atoms with Gasteiger partial charge in [-0.15, -0.1) is 0 Å². The monoisotopic (exact) mass is 239 g/mol. The lowest BCUT2D eigenvalue weighted by Gasteiger charge is -2.05. The van der Waals surface area contributed by atoms with E-state index in [9.17, 15) is 4.79 Å². The van der Waals surface area contributed by atoms with Crippen molar-refractivity contribution in [1.29, 1.82) is 0 Å². The van der Waals surface area contributed by atoms with E-state index in [0.717, 1.165) is 11.3 Å². The molecule has 0 aromatic heterocycles. The Morgan fingerprint density at radius 1 is 1.54 bits per heavy atom. The zero-order valence-corrected chi connectivity index (χ0v) is 8.89. The topological polar surface area (TPSA) is 29.1 Å². The molecule has 0 radical (unpaired) electrons. The average Bonchev–Trinajstić information content (AvgIpc) is 2.42. The number of hydrogen-bond donors (Lipinski definition) is 1. The number of halogens is 1. The lowest BCUT2D eigenvalue weighted by atomic mass is 10.1. The molecular weight excluding hydrogens is 230 g/mol. The second-order valence-corrected chi connectivity index (χ2v) is 4.63. The van der Waals surface area contributed by atoms with Crippen LogP contribution in [0.4, 0.5) is 5.69 Å². The second kappa shape index (κ2) is 3.14. The van der Waals surface area contributed by atoms with Crippen LogP contribution in [0.15, 0.2) is 18.2 Å². The molecule has 0 bridgehead atoms. The minimum atomic E-state index is 0.0920. The van der Waals surface area contributed by atoms with Crippen LogP contribution in [0.25, 0.3) is 0 Å². The number of amides is 1. The maximum absolute atomic E-state index is 11.1. The van der Waals surface area contributed by atoms with Gasteiger partial charge in [-0.05, 0) is 24.1 Å². The van der Waals surface area contributed by atoms with Gasteiger partial charge in [0.1, 0.15) is 0 Å². The largest absolute Gasteiger partial charge is 0.326 e. The summed E-state index contributed by atoms with van der Waals surface area (Å²) in [6.45, 7) is 2.08. The van der Waals surface area contributed by atoms with Crippen molar-refractivity contribution < 1.29 is 4.79 Å². The fraction of sp³-hybridized carbons (Fsp3) is 0.300. The van der Waals surface area contributed by atoms with Gasteiger partial charge >= 0.3 is 0 Å². The molecule has 1 amide bonds. The van der Waals surface area contributed by atoms with E-state index < -0.39 is 0 Å². The third-order valence-electron chi connectivity index (χ3n) is 2.21.